The molecule has 3 aromatic heterocycles. The number of H-pyrrole nitrogens is 1. The van der Waals surface area contributed by atoms with Crippen molar-refractivity contribution in [1.29, 1.82) is 5.26 Å². The van der Waals surface area contributed by atoms with Gasteiger partial charge in [0.15, 0.2) is 36.0 Å². The number of fused-ring (bicyclic) bond motifs is 1. The van der Waals surface area contributed by atoms with Crippen LogP contribution in [0.1, 0.15) is 23.1 Å². The predicted octanol–water partition coefficient (Wildman–Crippen LogP) is 0.349. The lowest BCUT2D eigenvalue weighted by molar-refractivity contribution is -0.686. The molecule has 0 spiro atoms. The Morgan fingerprint density at radius 3 is 2.82 bits per heavy atom. The maximum atomic E-state index is 13.1. The van der Waals surface area contributed by atoms with Crippen molar-refractivity contribution in [3.8, 4) is 17.5 Å². The lowest BCUT2D eigenvalue weighted by Gasteiger charge is -2.49. The molecule has 2 aliphatic heterocycles. The Labute approximate surface area is 263 Å². The zero-order valence-electron chi connectivity index (χ0n) is 23.5. The molecule has 3 amide bonds. The number of rotatable bonds is 11. The van der Waals surface area contributed by atoms with Gasteiger partial charge in [-0.1, -0.05) is 11.2 Å². The summed E-state index contributed by atoms with van der Waals surface area (Å²) in [6, 6.07) is 4.14. The zero-order valence-corrected chi connectivity index (χ0v) is 25.1. The molecular formula is C27H25N10O6S2+. The molecular weight excluding hydrogens is 624 g/mol. The van der Waals surface area contributed by atoms with Gasteiger partial charge in [-0.3, -0.25) is 29.7 Å². The molecule has 3 aromatic rings. The highest BCUT2D eigenvalue weighted by atomic mass is 32.2. The second-order valence-electron chi connectivity index (χ2n) is 9.39. The number of nitrogens with zero attached hydrogens (tertiary/aromatic N) is 6. The van der Waals surface area contributed by atoms with E-state index in [1.54, 1.807) is 55.2 Å². The van der Waals surface area contributed by atoms with Gasteiger partial charge in [0.1, 0.15) is 35.1 Å². The van der Waals surface area contributed by atoms with Gasteiger partial charge >= 0.3 is 5.97 Å². The summed E-state index contributed by atoms with van der Waals surface area (Å²) in [6.07, 6.45) is 8.59. The Hall–Kier alpha value is -5.54. The van der Waals surface area contributed by atoms with Gasteiger partial charge in [0.25, 0.3) is 17.7 Å². The fraction of sp³-hybridized carbons (Fsp3) is 0.222. The number of carbonyl (C=O) groups is 4. The SMILES string of the molecule is CCO/N=C(\C(=O)N[C@@H]1C(=O)N2C(C(=O)O)=C(/C=C/C[n+]3ccc(-c4cc(C(=O)NC#N)[nH]n4)cc3)CS[C@H]12)c1csc(N)n1. The molecule has 1 fully saturated rings. The molecule has 0 aromatic carbocycles. The maximum absolute atomic E-state index is 13.1. The summed E-state index contributed by atoms with van der Waals surface area (Å²) < 4.78 is 1.84. The molecule has 2 atom stereocenters. The normalized spacial score (nSPS) is 17.8. The van der Waals surface area contributed by atoms with Crippen LogP contribution in [0.4, 0.5) is 5.13 Å². The van der Waals surface area contributed by atoms with Gasteiger partial charge in [-0.2, -0.15) is 10.4 Å². The predicted molar refractivity (Wildman–Crippen MR) is 161 cm³/mol. The van der Waals surface area contributed by atoms with Crippen molar-refractivity contribution in [2.45, 2.75) is 24.9 Å². The Morgan fingerprint density at radius 2 is 2.16 bits per heavy atom. The molecule has 5 rings (SSSR count). The first kappa shape index (κ1) is 30.9. The fourth-order valence-corrected chi connectivity index (χ4v) is 6.35. The van der Waals surface area contributed by atoms with Crippen LogP contribution >= 0.6 is 23.1 Å². The molecule has 0 radical (unpaired) electrons. The van der Waals surface area contributed by atoms with E-state index in [-0.39, 0.29) is 34.5 Å². The van der Waals surface area contributed by atoms with E-state index in [0.29, 0.717) is 23.6 Å². The molecule has 5 heterocycles. The van der Waals surface area contributed by atoms with Gasteiger partial charge in [-0.25, -0.2) is 14.3 Å². The number of hydrogen-bond donors (Lipinski definition) is 5. The number of carbonyl (C=O) groups excluding carboxylic acids is 3. The number of aliphatic carboxylic acids is 1. The van der Waals surface area contributed by atoms with E-state index in [1.807, 2.05) is 9.88 Å². The van der Waals surface area contributed by atoms with E-state index in [9.17, 15) is 24.3 Å². The van der Waals surface area contributed by atoms with Crippen molar-refractivity contribution < 1.29 is 33.7 Å². The van der Waals surface area contributed by atoms with Crippen molar-refractivity contribution in [3.05, 3.63) is 70.8 Å². The number of hydrogen-bond acceptors (Lipinski definition) is 12. The maximum Gasteiger partial charge on any atom is 0.352 e. The molecule has 0 bridgehead atoms. The largest absolute Gasteiger partial charge is 0.477 e. The summed E-state index contributed by atoms with van der Waals surface area (Å²) in [6.45, 7) is 2.30. The van der Waals surface area contributed by atoms with Crippen LogP contribution in [0.5, 0.6) is 0 Å². The topological polar surface area (TPSA) is 233 Å². The van der Waals surface area contributed by atoms with Crippen molar-refractivity contribution in [3.63, 3.8) is 0 Å². The number of thioether (sulfide) groups is 1. The molecule has 0 aliphatic carbocycles. The smallest absolute Gasteiger partial charge is 0.352 e. The summed E-state index contributed by atoms with van der Waals surface area (Å²) in [5.74, 6) is -2.80. The number of aromatic amines is 1. The number of oxime groups is 1. The number of allylic oxidation sites excluding steroid dienone is 2. The summed E-state index contributed by atoms with van der Waals surface area (Å²) in [5.41, 5.74) is 7.46. The number of nitrogens with two attached hydrogens (primary N) is 1. The molecule has 45 heavy (non-hydrogen) atoms. The average Bonchev–Trinajstić information content (AvgIpc) is 3.70. The zero-order chi connectivity index (χ0) is 32.1. The van der Waals surface area contributed by atoms with Gasteiger partial charge in [0, 0.05) is 28.8 Å². The summed E-state index contributed by atoms with van der Waals surface area (Å²) in [4.78, 5) is 60.5. The number of pyridine rings is 1. The van der Waals surface area contributed by atoms with Crippen LogP contribution in [0.15, 0.2) is 64.6 Å². The number of carboxylic acids is 1. The van der Waals surface area contributed by atoms with Crippen LogP contribution in [0.3, 0.4) is 0 Å². The van der Waals surface area contributed by atoms with E-state index in [4.69, 9.17) is 15.8 Å². The highest BCUT2D eigenvalue weighted by molar-refractivity contribution is 8.00. The number of nitriles is 1. The van der Waals surface area contributed by atoms with Crippen LogP contribution in [-0.2, 0) is 25.8 Å². The number of anilines is 1. The van der Waals surface area contributed by atoms with E-state index in [1.165, 1.54) is 22.7 Å². The summed E-state index contributed by atoms with van der Waals surface area (Å²) in [7, 11) is 0. The van der Waals surface area contributed by atoms with Gasteiger partial charge < -0.3 is 21.0 Å². The first-order valence-corrected chi connectivity index (χ1v) is 15.2. The Bertz CT molecular complexity index is 1790. The van der Waals surface area contributed by atoms with Crippen LogP contribution < -0.4 is 20.9 Å². The average molecular weight is 650 g/mol. The van der Waals surface area contributed by atoms with E-state index < -0.39 is 35.1 Å². The van der Waals surface area contributed by atoms with Gasteiger partial charge in [0.2, 0.25) is 0 Å². The van der Waals surface area contributed by atoms with Crippen LogP contribution in [0.2, 0.25) is 0 Å². The minimum atomic E-state index is -1.26. The standard InChI is InChI=1S/C27H24N10O6S2/c1-2-43-35-19(18-12-45-27(29)31-18)23(39)32-20-24(40)37-21(26(41)42)15(11-44-25(20)37)4-3-7-36-8-5-14(6-9-36)16-10-17(34-33-16)22(38)30-13-28/h3-6,8-10,12,20,25H,2,7,11H2,1H3,(H5,29,30,31,32,38,39,41,42)/p+1/b4-3+,35-19-/t20-,25-/m1/s1. The molecule has 2 aliphatic rings. The third-order valence-electron chi connectivity index (χ3n) is 6.57. The van der Waals surface area contributed by atoms with Gasteiger partial charge in [-0.05, 0) is 24.6 Å². The number of carboxylic acid groups (broad SMARTS) is 1. The number of nitrogen functional groups attached to an aromatic ring is 1. The third-order valence-corrected chi connectivity index (χ3v) is 8.54. The van der Waals surface area contributed by atoms with E-state index in [0.717, 1.165) is 16.9 Å². The first-order chi connectivity index (χ1) is 21.7. The van der Waals surface area contributed by atoms with Crippen LogP contribution in [0.25, 0.3) is 11.3 Å². The van der Waals surface area contributed by atoms with E-state index in [2.05, 4.69) is 25.7 Å². The van der Waals surface area contributed by atoms with Crippen molar-refractivity contribution >= 4 is 57.6 Å². The number of thiazole rings is 1. The quantitative estimate of drug-likeness (QED) is 0.0475. The lowest BCUT2D eigenvalue weighted by Crippen LogP contribution is -2.71. The second-order valence-corrected chi connectivity index (χ2v) is 11.4. The molecule has 0 unspecified atom stereocenters. The Morgan fingerprint density at radius 1 is 1.38 bits per heavy atom. The fourth-order valence-electron chi connectivity index (χ4n) is 4.48. The lowest BCUT2D eigenvalue weighted by atomic mass is 10.0. The highest BCUT2D eigenvalue weighted by Crippen LogP contribution is 2.40. The first-order valence-electron chi connectivity index (χ1n) is 13.3. The minimum absolute atomic E-state index is 0.142. The number of aromatic nitrogens is 4. The van der Waals surface area contributed by atoms with Crippen LogP contribution in [-0.4, -0.2) is 78.4 Å². The molecule has 1 saturated heterocycles. The highest BCUT2D eigenvalue weighted by Gasteiger charge is 2.54. The molecule has 16 nitrogen and oxygen atoms in total. The van der Waals surface area contributed by atoms with Crippen molar-refractivity contribution in [2.24, 2.45) is 5.16 Å². The molecule has 0 saturated carbocycles. The number of β-lactam (4-membered cyclic amide) rings is 1. The summed E-state index contributed by atoms with van der Waals surface area (Å²) in [5, 5.41) is 34.9. The number of nitrogens with one attached hydrogen (secondary N) is 3. The van der Waals surface area contributed by atoms with Gasteiger partial charge in [-0.15, -0.1) is 23.1 Å². The Kier molecular flexibility index (Phi) is 9.20. The minimum Gasteiger partial charge on any atom is -0.477 e. The second kappa shape index (κ2) is 13.4. The van der Waals surface area contributed by atoms with E-state index >= 15 is 0 Å². The van der Waals surface area contributed by atoms with Crippen LogP contribution in [0, 0.1) is 11.5 Å². The molecule has 18 heteroatoms. The number of amides is 3. The third kappa shape index (κ3) is 6.53. The van der Waals surface area contributed by atoms with Crippen molar-refractivity contribution in [2.75, 3.05) is 18.1 Å². The van der Waals surface area contributed by atoms with Gasteiger partial charge in [0.05, 0.1) is 5.69 Å². The van der Waals surface area contributed by atoms with Crippen molar-refractivity contribution in [1.82, 2.24) is 30.7 Å². The monoisotopic (exact) mass is 649 g/mol. The Balaban J connectivity index is 1.24. The molecule has 230 valence electrons. The molecule has 6 N–H and O–H groups in total. The summed E-state index contributed by atoms with van der Waals surface area (Å²) >= 11 is 2.45.